The van der Waals surface area contributed by atoms with Gasteiger partial charge in [-0.15, -0.1) is 0 Å². The van der Waals surface area contributed by atoms with Crippen LogP contribution in [0.25, 0.3) is 0 Å². The summed E-state index contributed by atoms with van der Waals surface area (Å²) in [4.78, 5) is 25.9. The summed E-state index contributed by atoms with van der Waals surface area (Å²) in [5, 5.41) is 0. The van der Waals surface area contributed by atoms with Crippen molar-refractivity contribution in [2.45, 2.75) is 52.1 Å². The molecule has 1 fully saturated rings. The molecule has 0 bridgehead atoms. The normalized spacial score (nSPS) is 16.7. The van der Waals surface area contributed by atoms with Crippen LogP contribution in [0, 0.1) is 13.8 Å². The Morgan fingerprint density at radius 3 is 2.72 bits per heavy atom. The quantitative estimate of drug-likeness (QED) is 0.679. The second-order valence-corrected chi connectivity index (χ2v) is 6.73. The van der Waals surface area contributed by atoms with Gasteiger partial charge in [0.1, 0.15) is 0 Å². The minimum atomic E-state index is -0.292. The van der Waals surface area contributed by atoms with Crippen molar-refractivity contribution in [1.82, 2.24) is 4.90 Å². The summed E-state index contributed by atoms with van der Waals surface area (Å²) in [6.07, 6.45) is 3.47. The molecule has 25 heavy (non-hydrogen) atoms. The zero-order valence-electron chi connectivity index (χ0n) is 15.5. The first-order chi connectivity index (χ1) is 12.0. The third-order valence-electron chi connectivity index (χ3n) is 4.72. The van der Waals surface area contributed by atoms with Gasteiger partial charge in [0.25, 0.3) is 0 Å². The molecule has 0 spiro atoms. The van der Waals surface area contributed by atoms with E-state index in [-0.39, 0.29) is 24.4 Å². The SMILES string of the molecule is COC(=O)CCN(CC1CCCO1)C(=O)CCc1ccc(C)cc1C. The Labute approximate surface area is 150 Å². The van der Waals surface area contributed by atoms with E-state index in [1.165, 1.54) is 23.8 Å². The smallest absolute Gasteiger partial charge is 0.307 e. The van der Waals surface area contributed by atoms with Crippen LogP contribution in [0.2, 0.25) is 0 Å². The van der Waals surface area contributed by atoms with Gasteiger partial charge < -0.3 is 14.4 Å². The molecule has 0 aromatic heterocycles. The van der Waals surface area contributed by atoms with Gasteiger partial charge in [0.15, 0.2) is 0 Å². The monoisotopic (exact) mass is 347 g/mol. The highest BCUT2D eigenvalue weighted by atomic mass is 16.5. The minimum Gasteiger partial charge on any atom is -0.469 e. The third kappa shape index (κ3) is 6.16. The number of rotatable bonds is 8. The number of hydrogen-bond acceptors (Lipinski definition) is 4. The number of benzene rings is 1. The summed E-state index contributed by atoms with van der Waals surface area (Å²) in [5.41, 5.74) is 3.64. The van der Waals surface area contributed by atoms with Crippen LogP contribution >= 0.6 is 0 Å². The first-order valence-electron chi connectivity index (χ1n) is 9.02. The zero-order chi connectivity index (χ0) is 18.2. The van der Waals surface area contributed by atoms with Gasteiger partial charge in [-0.25, -0.2) is 0 Å². The standard InChI is InChI=1S/C20H29NO4/c1-15-6-7-17(16(2)13-15)8-9-19(22)21(11-10-20(23)24-3)14-18-5-4-12-25-18/h6-7,13,18H,4-5,8-12,14H2,1-3H3. The van der Waals surface area contributed by atoms with Crippen LogP contribution in [0.15, 0.2) is 18.2 Å². The van der Waals surface area contributed by atoms with E-state index in [9.17, 15) is 9.59 Å². The highest BCUT2D eigenvalue weighted by Crippen LogP contribution is 2.16. The number of carbonyl (C=O) groups is 2. The van der Waals surface area contributed by atoms with Gasteiger partial charge in [0, 0.05) is 26.1 Å². The van der Waals surface area contributed by atoms with E-state index in [1.54, 1.807) is 4.90 Å². The topological polar surface area (TPSA) is 55.8 Å². The van der Waals surface area contributed by atoms with Gasteiger partial charge in [-0.05, 0) is 44.2 Å². The van der Waals surface area contributed by atoms with Crippen LogP contribution in [0.4, 0.5) is 0 Å². The maximum Gasteiger partial charge on any atom is 0.307 e. The lowest BCUT2D eigenvalue weighted by atomic mass is 10.0. The number of hydrogen-bond donors (Lipinski definition) is 0. The lowest BCUT2D eigenvalue weighted by Crippen LogP contribution is -2.39. The van der Waals surface area contributed by atoms with Crippen LogP contribution in [-0.2, 0) is 25.5 Å². The molecule has 1 atom stereocenters. The molecule has 0 N–H and O–H groups in total. The Kier molecular flexibility index (Phi) is 7.44. The van der Waals surface area contributed by atoms with Gasteiger partial charge in [-0.2, -0.15) is 0 Å². The lowest BCUT2D eigenvalue weighted by Gasteiger charge is -2.25. The van der Waals surface area contributed by atoms with E-state index in [1.807, 2.05) is 0 Å². The highest BCUT2D eigenvalue weighted by Gasteiger charge is 2.23. The second-order valence-electron chi connectivity index (χ2n) is 6.73. The fraction of sp³-hybridized carbons (Fsp3) is 0.600. The molecule has 1 heterocycles. The van der Waals surface area contributed by atoms with E-state index in [2.05, 4.69) is 32.0 Å². The predicted octanol–water partition coefficient (Wildman–Crippen LogP) is 2.81. The third-order valence-corrected chi connectivity index (χ3v) is 4.72. The van der Waals surface area contributed by atoms with Crippen molar-refractivity contribution in [3.8, 4) is 0 Å². The average molecular weight is 347 g/mol. The number of nitrogens with zero attached hydrogens (tertiary/aromatic N) is 1. The number of carbonyl (C=O) groups excluding carboxylic acids is 2. The summed E-state index contributed by atoms with van der Waals surface area (Å²) >= 11 is 0. The molecule has 5 nitrogen and oxygen atoms in total. The fourth-order valence-corrected chi connectivity index (χ4v) is 3.21. The van der Waals surface area contributed by atoms with Crippen molar-refractivity contribution in [2.24, 2.45) is 0 Å². The molecule has 1 aromatic rings. The van der Waals surface area contributed by atoms with Crippen LogP contribution in [-0.4, -0.2) is 49.7 Å². The Hall–Kier alpha value is -1.88. The molecule has 1 unspecified atom stereocenters. The molecule has 138 valence electrons. The summed E-state index contributed by atoms with van der Waals surface area (Å²) in [7, 11) is 1.37. The molecule has 5 heteroatoms. The van der Waals surface area contributed by atoms with Crippen molar-refractivity contribution >= 4 is 11.9 Å². The molecule has 1 saturated heterocycles. The van der Waals surface area contributed by atoms with Crippen molar-refractivity contribution in [3.63, 3.8) is 0 Å². The van der Waals surface area contributed by atoms with E-state index < -0.39 is 0 Å². The summed E-state index contributed by atoms with van der Waals surface area (Å²) in [5.74, 6) is -0.223. The number of esters is 1. The van der Waals surface area contributed by atoms with Gasteiger partial charge >= 0.3 is 5.97 Å². The largest absolute Gasteiger partial charge is 0.469 e. The molecule has 2 rings (SSSR count). The van der Waals surface area contributed by atoms with Crippen molar-refractivity contribution in [3.05, 3.63) is 34.9 Å². The molecular formula is C20H29NO4. The van der Waals surface area contributed by atoms with E-state index in [0.29, 0.717) is 25.9 Å². The Balaban J connectivity index is 1.93. The maximum atomic E-state index is 12.7. The minimum absolute atomic E-state index is 0.0689. The lowest BCUT2D eigenvalue weighted by molar-refractivity contribution is -0.142. The Bertz CT molecular complexity index is 593. The Morgan fingerprint density at radius 1 is 1.28 bits per heavy atom. The molecular weight excluding hydrogens is 318 g/mol. The predicted molar refractivity (Wildman–Crippen MR) is 96.4 cm³/mol. The summed E-state index contributed by atoms with van der Waals surface area (Å²) < 4.78 is 10.4. The van der Waals surface area contributed by atoms with Gasteiger partial charge in [0.05, 0.1) is 19.6 Å². The van der Waals surface area contributed by atoms with Crippen molar-refractivity contribution < 1.29 is 19.1 Å². The number of amides is 1. The van der Waals surface area contributed by atoms with Crippen LogP contribution in [0.3, 0.4) is 0 Å². The van der Waals surface area contributed by atoms with E-state index in [4.69, 9.17) is 9.47 Å². The highest BCUT2D eigenvalue weighted by molar-refractivity contribution is 5.77. The van der Waals surface area contributed by atoms with Gasteiger partial charge in [-0.1, -0.05) is 23.8 Å². The van der Waals surface area contributed by atoms with Crippen LogP contribution in [0.5, 0.6) is 0 Å². The molecule has 1 amide bonds. The van der Waals surface area contributed by atoms with Crippen LogP contribution < -0.4 is 0 Å². The number of methoxy groups -OCH3 is 1. The average Bonchev–Trinajstić information content (AvgIpc) is 3.10. The second kappa shape index (κ2) is 9.56. The zero-order valence-corrected chi connectivity index (χ0v) is 15.5. The number of aryl methyl sites for hydroxylation is 3. The van der Waals surface area contributed by atoms with Crippen molar-refractivity contribution in [2.75, 3.05) is 26.8 Å². The molecule has 0 aliphatic carbocycles. The summed E-state index contributed by atoms with van der Waals surface area (Å²) in [6, 6.07) is 6.31. The number of ether oxygens (including phenoxy) is 2. The van der Waals surface area contributed by atoms with E-state index in [0.717, 1.165) is 19.4 Å². The first kappa shape index (κ1) is 19.4. The van der Waals surface area contributed by atoms with E-state index >= 15 is 0 Å². The van der Waals surface area contributed by atoms with Gasteiger partial charge in [-0.3, -0.25) is 9.59 Å². The molecule has 0 saturated carbocycles. The maximum absolute atomic E-state index is 12.7. The molecule has 0 radical (unpaired) electrons. The first-order valence-corrected chi connectivity index (χ1v) is 9.02. The molecule has 1 aliphatic heterocycles. The Morgan fingerprint density at radius 2 is 2.08 bits per heavy atom. The fourth-order valence-electron chi connectivity index (χ4n) is 3.21. The molecule has 1 aromatic carbocycles. The van der Waals surface area contributed by atoms with Gasteiger partial charge in [0.2, 0.25) is 5.91 Å². The summed E-state index contributed by atoms with van der Waals surface area (Å²) in [6.45, 7) is 5.85. The molecule has 1 aliphatic rings. The van der Waals surface area contributed by atoms with Crippen molar-refractivity contribution in [1.29, 1.82) is 0 Å². The van der Waals surface area contributed by atoms with Crippen LogP contribution in [0.1, 0.15) is 42.4 Å².